The largest absolute Gasteiger partial charge is 0.492 e. The first-order valence-electron chi connectivity index (χ1n) is 9.74. The fourth-order valence-corrected chi connectivity index (χ4v) is 3.73. The zero-order valence-electron chi connectivity index (χ0n) is 16.5. The number of hydrazine groups is 1. The van der Waals surface area contributed by atoms with E-state index in [2.05, 4.69) is 10.7 Å². The molecule has 1 saturated carbocycles. The smallest absolute Gasteiger partial charge is 0.344 e. The van der Waals surface area contributed by atoms with Gasteiger partial charge >= 0.3 is 6.03 Å². The highest BCUT2D eigenvalue weighted by Gasteiger charge is 2.52. The Balaban J connectivity index is 1.45. The first kappa shape index (κ1) is 20.1. The van der Waals surface area contributed by atoms with Crippen LogP contribution in [0.15, 0.2) is 24.3 Å². The summed E-state index contributed by atoms with van der Waals surface area (Å²) in [6, 6.07) is 7.19. The molecule has 1 heterocycles. The number of ether oxygens (including phenoxy) is 1. The highest BCUT2D eigenvalue weighted by molar-refractivity contribution is 6.08. The van der Waals surface area contributed by atoms with Crippen molar-refractivity contribution in [1.82, 2.24) is 20.7 Å². The monoisotopic (exact) mass is 388 g/mol. The van der Waals surface area contributed by atoms with E-state index in [1.165, 1.54) is 0 Å². The van der Waals surface area contributed by atoms with Crippen molar-refractivity contribution in [3.8, 4) is 5.75 Å². The van der Waals surface area contributed by atoms with E-state index in [4.69, 9.17) is 4.74 Å². The Kier molecular flexibility index (Phi) is 6.18. The molecule has 8 nitrogen and oxygen atoms in total. The van der Waals surface area contributed by atoms with Gasteiger partial charge in [0.05, 0.1) is 6.54 Å². The van der Waals surface area contributed by atoms with Crippen LogP contribution < -0.4 is 15.5 Å². The number of carbonyl (C=O) groups excluding carboxylic acids is 3. The van der Waals surface area contributed by atoms with Gasteiger partial charge in [-0.1, -0.05) is 37.5 Å². The summed E-state index contributed by atoms with van der Waals surface area (Å²) in [4.78, 5) is 38.9. The van der Waals surface area contributed by atoms with Gasteiger partial charge in [-0.05, 0) is 38.4 Å². The number of amides is 4. The molecule has 2 aliphatic rings. The van der Waals surface area contributed by atoms with Gasteiger partial charge < -0.3 is 10.1 Å². The molecule has 1 aliphatic heterocycles. The highest BCUT2D eigenvalue weighted by atomic mass is 16.5. The number of likely N-dealkylation sites (N-methyl/N-ethyl adjacent to an activating group) is 1. The van der Waals surface area contributed by atoms with Gasteiger partial charge in [0.15, 0.2) is 0 Å². The number of imide groups is 1. The number of carbonyl (C=O) groups is 3. The Morgan fingerprint density at radius 2 is 1.96 bits per heavy atom. The quantitative estimate of drug-likeness (QED) is 0.693. The molecule has 1 aromatic rings. The number of aryl methyl sites for hydroxylation is 1. The average Bonchev–Trinajstić information content (AvgIpc) is 2.88. The highest BCUT2D eigenvalue weighted by Crippen LogP contribution is 2.32. The number of hydrogen-bond donors (Lipinski definition) is 2. The predicted octanol–water partition coefficient (Wildman–Crippen LogP) is 1.59. The summed E-state index contributed by atoms with van der Waals surface area (Å²) < 4.78 is 5.73. The molecule has 8 heteroatoms. The number of nitrogens with one attached hydrogen (secondary N) is 2. The lowest BCUT2D eigenvalue weighted by Gasteiger charge is -2.30. The molecule has 0 aromatic heterocycles. The second-order valence-electron chi connectivity index (χ2n) is 7.60. The van der Waals surface area contributed by atoms with Gasteiger partial charge in [-0.25, -0.2) is 4.79 Å². The lowest BCUT2D eigenvalue weighted by molar-refractivity contribution is -0.140. The maximum atomic E-state index is 12.7. The number of rotatable bonds is 7. The van der Waals surface area contributed by atoms with Gasteiger partial charge in [0.2, 0.25) is 0 Å². The summed E-state index contributed by atoms with van der Waals surface area (Å²) in [5.74, 6) is 0.0586. The van der Waals surface area contributed by atoms with Gasteiger partial charge in [0.25, 0.3) is 11.8 Å². The minimum Gasteiger partial charge on any atom is -0.492 e. The van der Waals surface area contributed by atoms with Crippen LogP contribution >= 0.6 is 0 Å². The molecule has 0 unspecified atom stereocenters. The standard InChI is InChI=1S/C20H28N4O4/c1-15-8-4-5-9-16(15)28-13-12-23(2)14-17(25)22-24-18(26)20(21-19(24)27)10-6-3-7-11-20/h4-5,8-9H,3,6-7,10-14H2,1-2H3,(H,21,27)(H,22,25). The van der Waals surface area contributed by atoms with Crippen molar-refractivity contribution in [3.63, 3.8) is 0 Å². The number of hydrogen-bond acceptors (Lipinski definition) is 5. The van der Waals surface area contributed by atoms with E-state index in [9.17, 15) is 14.4 Å². The Labute approximate surface area is 165 Å². The maximum absolute atomic E-state index is 12.7. The number of nitrogens with zero attached hydrogens (tertiary/aromatic N) is 2. The zero-order chi connectivity index (χ0) is 20.1. The minimum absolute atomic E-state index is 0.0567. The fraction of sp³-hybridized carbons (Fsp3) is 0.550. The molecule has 2 fully saturated rings. The van der Waals surface area contributed by atoms with Crippen LogP contribution in [0.3, 0.4) is 0 Å². The summed E-state index contributed by atoms with van der Waals surface area (Å²) >= 11 is 0. The normalized spacial score (nSPS) is 18.5. The Bertz CT molecular complexity index is 745. The van der Waals surface area contributed by atoms with Crippen LogP contribution in [-0.2, 0) is 9.59 Å². The Morgan fingerprint density at radius 1 is 1.25 bits per heavy atom. The molecule has 1 saturated heterocycles. The van der Waals surface area contributed by atoms with Gasteiger partial charge in [-0.3, -0.25) is 19.9 Å². The molecule has 1 spiro atoms. The van der Waals surface area contributed by atoms with Crippen molar-refractivity contribution in [1.29, 1.82) is 0 Å². The molecule has 0 atom stereocenters. The first-order valence-corrected chi connectivity index (χ1v) is 9.74. The second kappa shape index (κ2) is 8.60. The first-order chi connectivity index (χ1) is 13.4. The van der Waals surface area contributed by atoms with Gasteiger partial charge in [0.1, 0.15) is 17.9 Å². The summed E-state index contributed by atoms with van der Waals surface area (Å²) in [7, 11) is 1.79. The maximum Gasteiger partial charge on any atom is 0.344 e. The van der Waals surface area contributed by atoms with E-state index >= 15 is 0 Å². The topological polar surface area (TPSA) is 91.0 Å². The lowest BCUT2D eigenvalue weighted by atomic mass is 9.82. The molecule has 1 aliphatic carbocycles. The summed E-state index contributed by atoms with van der Waals surface area (Å²) in [5, 5.41) is 3.61. The van der Waals surface area contributed by atoms with E-state index in [1.54, 1.807) is 11.9 Å². The molecule has 4 amide bonds. The summed E-state index contributed by atoms with van der Waals surface area (Å²) in [6.07, 6.45) is 4.11. The molecule has 152 valence electrons. The summed E-state index contributed by atoms with van der Waals surface area (Å²) in [5.41, 5.74) is 2.66. The summed E-state index contributed by atoms with van der Waals surface area (Å²) in [6.45, 7) is 3.00. The number of urea groups is 1. The van der Waals surface area contributed by atoms with Crippen molar-refractivity contribution in [2.45, 2.75) is 44.6 Å². The van der Waals surface area contributed by atoms with Crippen molar-refractivity contribution >= 4 is 17.8 Å². The third-order valence-corrected chi connectivity index (χ3v) is 5.34. The van der Waals surface area contributed by atoms with Gasteiger partial charge in [-0.15, -0.1) is 0 Å². The molecule has 28 heavy (non-hydrogen) atoms. The van der Waals surface area contributed by atoms with Crippen LogP contribution in [-0.4, -0.2) is 60.0 Å². The molecule has 3 rings (SSSR count). The van der Waals surface area contributed by atoms with E-state index in [0.717, 1.165) is 35.6 Å². The average molecular weight is 388 g/mol. The van der Waals surface area contributed by atoms with Gasteiger partial charge in [-0.2, -0.15) is 5.01 Å². The lowest BCUT2D eigenvalue weighted by Crippen LogP contribution is -2.52. The molecular formula is C20H28N4O4. The molecule has 0 bridgehead atoms. The minimum atomic E-state index is -0.837. The molecule has 1 aromatic carbocycles. The predicted molar refractivity (Wildman–Crippen MR) is 104 cm³/mol. The zero-order valence-corrected chi connectivity index (χ0v) is 16.5. The van der Waals surface area contributed by atoms with Crippen LogP contribution in [0.5, 0.6) is 5.75 Å². The molecular weight excluding hydrogens is 360 g/mol. The third kappa shape index (κ3) is 4.44. The number of benzene rings is 1. The van der Waals surface area contributed by atoms with Crippen LogP contribution in [0.2, 0.25) is 0 Å². The van der Waals surface area contributed by atoms with Gasteiger partial charge in [0, 0.05) is 6.54 Å². The van der Waals surface area contributed by atoms with E-state index in [-0.39, 0.29) is 12.5 Å². The third-order valence-electron chi connectivity index (χ3n) is 5.34. The Hall–Kier alpha value is -2.61. The van der Waals surface area contributed by atoms with Crippen molar-refractivity contribution in [2.24, 2.45) is 0 Å². The van der Waals surface area contributed by atoms with Crippen molar-refractivity contribution < 1.29 is 19.1 Å². The Morgan fingerprint density at radius 3 is 2.68 bits per heavy atom. The number of para-hydroxylation sites is 1. The second-order valence-corrected chi connectivity index (χ2v) is 7.60. The fourth-order valence-electron chi connectivity index (χ4n) is 3.73. The van der Waals surface area contributed by atoms with E-state index < -0.39 is 17.5 Å². The molecule has 0 radical (unpaired) electrons. The van der Waals surface area contributed by atoms with Crippen LogP contribution in [0, 0.1) is 6.92 Å². The van der Waals surface area contributed by atoms with Crippen LogP contribution in [0.1, 0.15) is 37.7 Å². The van der Waals surface area contributed by atoms with Crippen molar-refractivity contribution in [2.75, 3.05) is 26.7 Å². The SMILES string of the molecule is Cc1ccccc1OCCN(C)CC(=O)NN1C(=O)NC2(CCCCC2)C1=O. The molecule has 2 N–H and O–H groups in total. The van der Waals surface area contributed by atoms with E-state index in [1.807, 2.05) is 31.2 Å². The van der Waals surface area contributed by atoms with Crippen molar-refractivity contribution in [3.05, 3.63) is 29.8 Å². The van der Waals surface area contributed by atoms with Crippen LogP contribution in [0.25, 0.3) is 0 Å². The van der Waals surface area contributed by atoms with Crippen LogP contribution in [0.4, 0.5) is 4.79 Å². The van der Waals surface area contributed by atoms with E-state index in [0.29, 0.717) is 26.0 Å².